The molecule has 0 amide bonds. The van der Waals surface area contributed by atoms with E-state index in [1.165, 1.54) is 41.6 Å². The lowest BCUT2D eigenvalue weighted by atomic mass is 10.0. The molecule has 1 saturated heterocycles. The van der Waals surface area contributed by atoms with Crippen LogP contribution < -0.4 is 10.5 Å². The molecule has 6 rings (SSSR count). The Bertz CT molecular complexity index is 2060. The topological polar surface area (TPSA) is 84.2 Å². The Labute approximate surface area is 278 Å². The Hall–Kier alpha value is -5.27. The first kappa shape index (κ1) is 32.7. The summed E-state index contributed by atoms with van der Waals surface area (Å²) in [5, 5.41) is 0.867. The molecule has 0 saturated carbocycles. The van der Waals surface area contributed by atoms with E-state index in [0.717, 1.165) is 53.1 Å². The van der Waals surface area contributed by atoms with Gasteiger partial charge in [0.1, 0.15) is 5.82 Å². The summed E-state index contributed by atoms with van der Waals surface area (Å²) in [7, 11) is 4.36. The monoisotopic (exact) mass is 646 g/mol. The van der Waals surface area contributed by atoms with Crippen molar-refractivity contribution in [3.8, 4) is 11.8 Å². The quantitative estimate of drug-likeness (QED) is 0.151. The number of carbonyl (C=O) groups is 1. The minimum absolute atomic E-state index is 0.0138. The van der Waals surface area contributed by atoms with Gasteiger partial charge in [-0.1, -0.05) is 30.0 Å². The number of benzene rings is 3. The number of carbonyl (C=O) groups excluding carboxylic acids is 1. The number of halogens is 2. The number of anilines is 1. The maximum absolute atomic E-state index is 13.6. The van der Waals surface area contributed by atoms with Crippen molar-refractivity contribution < 1.29 is 13.6 Å². The van der Waals surface area contributed by atoms with Crippen LogP contribution >= 0.6 is 0 Å². The highest BCUT2D eigenvalue weighted by Crippen LogP contribution is 2.23. The Morgan fingerprint density at radius 2 is 1.75 bits per heavy atom. The molecular weight excluding hydrogens is 610 g/mol. The number of hydrogen-bond donors (Lipinski definition) is 0. The van der Waals surface area contributed by atoms with Crippen LogP contribution in [0.3, 0.4) is 0 Å². The Morgan fingerprint density at radius 3 is 2.52 bits per heavy atom. The Kier molecular flexibility index (Phi) is 9.97. The van der Waals surface area contributed by atoms with Gasteiger partial charge in [-0.2, -0.15) is 0 Å². The standard InChI is InChI=1S/C38H36F2N6O2/c1-44-18-15-31(16-19-44)45(2)30-11-7-27(8-12-30)23-36-42-24-29-21-26(10-14-34(29)43-36)5-3-4-6-35(47)37-38(48)46(20-17-41-37)25-28-9-13-32(39)33(40)22-28/h7-14,17,20-22,24,31H,4,6,15-16,18-19,23,25H2,1-2H3. The lowest BCUT2D eigenvalue weighted by Crippen LogP contribution is -2.41. The highest BCUT2D eigenvalue weighted by molar-refractivity contribution is 5.94. The van der Waals surface area contributed by atoms with Gasteiger partial charge in [-0.3, -0.25) is 9.59 Å². The largest absolute Gasteiger partial charge is 0.372 e. The molecule has 3 aromatic carbocycles. The maximum atomic E-state index is 13.6. The highest BCUT2D eigenvalue weighted by atomic mass is 19.2. The number of ketones is 1. The number of aromatic nitrogens is 4. The molecule has 2 aromatic heterocycles. The summed E-state index contributed by atoms with van der Waals surface area (Å²) in [5.74, 6) is 4.41. The SMILES string of the molecule is CN1CCC(N(C)c2ccc(Cc3ncc4cc(C#CCCC(=O)c5nccn(Cc6ccc(F)c(F)c6)c5=O)ccc4n3)cc2)CC1. The number of fused-ring (bicyclic) bond motifs is 1. The highest BCUT2D eigenvalue weighted by Gasteiger charge is 2.21. The number of rotatable bonds is 9. The van der Waals surface area contributed by atoms with Crippen molar-refractivity contribution in [3.05, 3.63) is 129 Å². The molecule has 0 atom stereocenters. The van der Waals surface area contributed by atoms with Crippen LogP contribution in [0.15, 0.2) is 84.0 Å². The molecule has 0 radical (unpaired) electrons. The number of likely N-dealkylation sites (tertiary alicyclic amines) is 1. The number of nitrogens with zero attached hydrogens (tertiary/aromatic N) is 6. The van der Waals surface area contributed by atoms with E-state index in [1.807, 2.05) is 18.2 Å². The summed E-state index contributed by atoms with van der Waals surface area (Å²) in [6.07, 6.45) is 7.79. The van der Waals surface area contributed by atoms with E-state index in [-0.39, 0.29) is 25.1 Å². The molecule has 1 aliphatic rings. The van der Waals surface area contributed by atoms with Crippen molar-refractivity contribution in [3.63, 3.8) is 0 Å². The molecule has 8 nitrogen and oxygen atoms in total. The first-order valence-electron chi connectivity index (χ1n) is 16.0. The van der Waals surface area contributed by atoms with E-state index in [2.05, 4.69) is 70.0 Å². The molecule has 0 aliphatic carbocycles. The number of hydrogen-bond acceptors (Lipinski definition) is 7. The molecular formula is C38H36F2N6O2. The van der Waals surface area contributed by atoms with Crippen molar-refractivity contribution in [2.45, 2.75) is 44.7 Å². The summed E-state index contributed by atoms with van der Waals surface area (Å²) in [4.78, 5) is 43.7. The number of piperidine rings is 1. The van der Waals surface area contributed by atoms with Crippen molar-refractivity contribution in [1.29, 1.82) is 0 Å². The van der Waals surface area contributed by atoms with E-state index >= 15 is 0 Å². The van der Waals surface area contributed by atoms with Crippen LogP contribution in [0, 0.1) is 23.5 Å². The second-order valence-corrected chi connectivity index (χ2v) is 12.2. The van der Waals surface area contributed by atoms with Crippen LogP contribution in [-0.2, 0) is 13.0 Å². The predicted octanol–water partition coefficient (Wildman–Crippen LogP) is 5.65. The second-order valence-electron chi connectivity index (χ2n) is 12.2. The molecule has 48 heavy (non-hydrogen) atoms. The Balaban J connectivity index is 1.04. The Morgan fingerprint density at radius 1 is 0.979 bits per heavy atom. The van der Waals surface area contributed by atoms with Crippen LogP contribution in [0.4, 0.5) is 14.5 Å². The molecule has 244 valence electrons. The summed E-state index contributed by atoms with van der Waals surface area (Å²) < 4.78 is 28.1. The number of Topliss-reactive ketones (excluding diaryl/α,β-unsaturated/α-hetero) is 1. The smallest absolute Gasteiger partial charge is 0.280 e. The lowest BCUT2D eigenvalue weighted by molar-refractivity contribution is 0.0977. The fourth-order valence-corrected chi connectivity index (χ4v) is 5.92. The molecule has 0 spiro atoms. The van der Waals surface area contributed by atoms with E-state index in [4.69, 9.17) is 4.98 Å². The minimum atomic E-state index is -1.00. The van der Waals surface area contributed by atoms with E-state index in [0.29, 0.717) is 18.0 Å². The van der Waals surface area contributed by atoms with E-state index in [9.17, 15) is 18.4 Å². The van der Waals surface area contributed by atoms with Crippen molar-refractivity contribution in [2.24, 2.45) is 0 Å². The van der Waals surface area contributed by atoms with E-state index < -0.39 is 23.0 Å². The second kappa shape index (κ2) is 14.7. The summed E-state index contributed by atoms with van der Waals surface area (Å²) in [5.41, 5.74) is 3.55. The van der Waals surface area contributed by atoms with Gasteiger partial charge in [0, 0.05) is 67.6 Å². The predicted molar refractivity (Wildman–Crippen MR) is 182 cm³/mol. The van der Waals surface area contributed by atoms with Crippen LogP contribution in [-0.4, -0.2) is 63.4 Å². The van der Waals surface area contributed by atoms with Crippen molar-refractivity contribution >= 4 is 22.4 Å². The van der Waals surface area contributed by atoms with Crippen LogP contribution in [0.5, 0.6) is 0 Å². The third kappa shape index (κ3) is 7.81. The minimum Gasteiger partial charge on any atom is -0.372 e. The zero-order valence-corrected chi connectivity index (χ0v) is 27.0. The third-order valence-corrected chi connectivity index (χ3v) is 8.80. The fourth-order valence-electron chi connectivity index (χ4n) is 5.92. The van der Waals surface area contributed by atoms with Gasteiger partial charge in [-0.05, 0) is 86.6 Å². The van der Waals surface area contributed by atoms with Gasteiger partial charge in [0.2, 0.25) is 0 Å². The molecule has 1 fully saturated rings. The zero-order chi connectivity index (χ0) is 33.6. The summed E-state index contributed by atoms with van der Waals surface area (Å²) in [6.45, 7) is 2.25. The average molecular weight is 647 g/mol. The van der Waals surface area contributed by atoms with Crippen LogP contribution in [0.25, 0.3) is 10.9 Å². The molecule has 1 aliphatic heterocycles. The van der Waals surface area contributed by atoms with Gasteiger partial charge in [0.15, 0.2) is 23.1 Å². The van der Waals surface area contributed by atoms with Gasteiger partial charge in [0.05, 0.1) is 12.1 Å². The van der Waals surface area contributed by atoms with Gasteiger partial charge in [0.25, 0.3) is 5.56 Å². The fraction of sp³-hybridized carbons (Fsp3) is 0.289. The first-order chi connectivity index (χ1) is 23.2. The van der Waals surface area contributed by atoms with Gasteiger partial charge in [-0.25, -0.2) is 23.7 Å². The van der Waals surface area contributed by atoms with Crippen LogP contribution in [0.1, 0.15) is 58.7 Å². The first-order valence-corrected chi connectivity index (χ1v) is 16.0. The maximum Gasteiger partial charge on any atom is 0.280 e. The van der Waals surface area contributed by atoms with Gasteiger partial charge < -0.3 is 14.4 Å². The summed E-state index contributed by atoms with van der Waals surface area (Å²) in [6, 6.07) is 18.3. The molecule has 0 N–H and O–H groups in total. The normalized spacial score (nSPS) is 13.7. The molecule has 0 bridgehead atoms. The van der Waals surface area contributed by atoms with Crippen molar-refractivity contribution in [1.82, 2.24) is 24.4 Å². The van der Waals surface area contributed by atoms with Crippen molar-refractivity contribution in [2.75, 3.05) is 32.1 Å². The van der Waals surface area contributed by atoms with E-state index in [1.54, 1.807) is 6.20 Å². The molecule has 0 unspecified atom stereocenters. The molecule has 10 heteroatoms. The average Bonchev–Trinajstić information content (AvgIpc) is 3.09. The van der Waals surface area contributed by atoms with Gasteiger partial charge >= 0.3 is 0 Å². The van der Waals surface area contributed by atoms with Gasteiger partial charge in [-0.15, -0.1) is 0 Å². The molecule has 5 aromatic rings. The third-order valence-electron chi connectivity index (χ3n) is 8.80. The zero-order valence-electron chi connectivity index (χ0n) is 27.0. The molecule has 3 heterocycles. The lowest BCUT2D eigenvalue weighted by Gasteiger charge is -2.36. The summed E-state index contributed by atoms with van der Waals surface area (Å²) >= 11 is 0. The van der Waals surface area contributed by atoms with Crippen LogP contribution in [0.2, 0.25) is 0 Å².